The van der Waals surface area contributed by atoms with E-state index in [4.69, 9.17) is 14.2 Å². The molecule has 0 aliphatic heterocycles. The second kappa shape index (κ2) is 68.1. The van der Waals surface area contributed by atoms with Gasteiger partial charge in [-0.2, -0.15) is 0 Å². The van der Waals surface area contributed by atoms with Gasteiger partial charge in [-0.25, -0.2) is 0 Å². The van der Waals surface area contributed by atoms with E-state index in [0.717, 1.165) is 154 Å². The largest absolute Gasteiger partial charge is 0.462 e. The molecule has 0 aliphatic carbocycles. The molecule has 0 amide bonds. The van der Waals surface area contributed by atoms with Crippen LogP contribution in [0.15, 0.2) is 134 Å². The molecule has 0 aromatic carbocycles. The van der Waals surface area contributed by atoms with Crippen molar-refractivity contribution in [2.24, 2.45) is 0 Å². The standard InChI is InChI=1S/C75H124O6/c1-4-7-10-13-16-19-22-25-28-31-34-36-37-39-41-44-47-50-53-56-59-62-65-68-74(77)80-71-72(70-79-73(76)67-64-61-58-55-52-49-46-43-40-33-30-27-24-21-18-15-12-9-6-3)81-75(78)69-66-63-60-57-54-51-48-45-42-38-35-32-29-26-23-20-17-14-11-8-5-2/h8-9,11-12,17-18,20-22,25-27,29-31,34-35,38,40,43,45,48,72H,4-7,10,13-16,19,23-24,28,32-33,36-37,39,41-42,44,46-47,49-71H2,1-3H3/b11-8-,12-9-,20-17-,21-18-,25-22-,29-26-,30-27-,34-31-,38-35-,43-40-,48-45-. The molecule has 1 atom stereocenters. The molecule has 0 aromatic heterocycles. The fourth-order valence-corrected chi connectivity index (χ4v) is 9.14. The molecule has 0 saturated heterocycles. The van der Waals surface area contributed by atoms with Crippen LogP contribution in [0.25, 0.3) is 0 Å². The van der Waals surface area contributed by atoms with Crippen LogP contribution in [0.5, 0.6) is 0 Å². The predicted octanol–water partition coefficient (Wildman–Crippen LogP) is 23.3. The molecule has 0 bridgehead atoms. The minimum absolute atomic E-state index is 0.0950. The molecule has 6 heteroatoms. The molecule has 0 aromatic rings. The van der Waals surface area contributed by atoms with Crippen LogP contribution >= 0.6 is 0 Å². The lowest BCUT2D eigenvalue weighted by molar-refractivity contribution is -0.167. The Labute approximate surface area is 500 Å². The van der Waals surface area contributed by atoms with E-state index in [1.54, 1.807) is 0 Å². The normalized spacial score (nSPS) is 13.0. The number of ether oxygens (including phenoxy) is 3. The third kappa shape index (κ3) is 66.2. The van der Waals surface area contributed by atoms with E-state index in [9.17, 15) is 14.4 Å². The predicted molar refractivity (Wildman–Crippen MR) is 353 cm³/mol. The highest BCUT2D eigenvalue weighted by Gasteiger charge is 2.19. The molecule has 0 spiro atoms. The van der Waals surface area contributed by atoms with Crippen molar-refractivity contribution >= 4 is 17.9 Å². The van der Waals surface area contributed by atoms with Crippen molar-refractivity contribution in [1.82, 2.24) is 0 Å². The van der Waals surface area contributed by atoms with Crippen molar-refractivity contribution in [2.75, 3.05) is 13.2 Å². The molecule has 0 radical (unpaired) electrons. The van der Waals surface area contributed by atoms with Crippen molar-refractivity contribution < 1.29 is 28.6 Å². The fourth-order valence-electron chi connectivity index (χ4n) is 9.14. The summed E-state index contributed by atoms with van der Waals surface area (Å²) in [6.07, 6.45) is 96.0. The molecule has 1 unspecified atom stereocenters. The van der Waals surface area contributed by atoms with E-state index in [0.29, 0.717) is 19.3 Å². The Kier molecular flexibility index (Phi) is 64.3. The molecule has 0 N–H and O–H groups in total. The maximum atomic E-state index is 12.9. The lowest BCUT2D eigenvalue weighted by atomic mass is 10.0. The van der Waals surface area contributed by atoms with Gasteiger partial charge in [0.1, 0.15) is 13.2 Å². The van der Waals surface area contributed by atoms with Gasteiger partial charge in [-0.05, 0) is 135 Å². The van der Waals surface area contributed by atoms with E-state index in [1.165, 1.54) is 109 Å². The van der Waals surface area contributed by atoms with Crippen LogP contribution in [0.3, 0.4) is 0 Å². The van der Waals surface area contributed by atoms with Gasteiger partial charge in [0.15, 0.2) is 6.10 Å². The van der Waals surface area contributed by atoms with Crippen molar-refractivity contribution in [3.05, 3.63) is 134 Å². The summed E-state index contributed by atoms with van der Waals surface area (Å²) in [7, 11) is 0. The molecule has 0 fully saturated rings. The van der Waals surface area contributed by atoms with Gasteiger partial charge >= 0.3 is 17.9 Å². The Morgan fingerprint density at radius 3 is 0.753 bits per heavy atom. The quantitative estimate of drug-likeness (QED) is 0.0261. The molecule has 0 rings (SSSR count). The lowest BCUT2D eigenvalue weighted by Gasteiger charge is -2.18. The smallest absolute Gasteiger partial charge is 0.306 e. The first-order chi connectivity index (χ1) is 40.0. The minimum atomic E-state index is -0.803. The highest BCUT2D eigenvalue weighted by atomic mass is 16.6. The number of carbonyl (C=O) groups excluding carboxylic acids is 3. The van der Waals surface area contributed by atoms with Gasteiger partial charge in [0, 0.05) is 19.3 Å². The summed E-state index contributed by atoms with van der Waals surface area (Å²) in [5.74, 6) is -0.924. The highest BCUT2D eigenvalue weighted by Crippen LogP contribution is 2.16. The number of hydrogen-bond donors (Lipinski definition) is 0. The van der Waals surface area contributed by atoms with Crippen LogP contribution in [-0.4, -0.2) is 37.2 Å². The topological polar surface area (TPSA) is 78.9 Å². The van der Waals surface area contributed by atoms with Crippen LogP contribution < -0.4 is 0 Å². The maximum absolute atomic E-state index is 12.9. The molecule has 81 heavy (non-hydrogen) atoms. The Balaban J connectivity index is 4.46. The van der Waals surface area contributed by atoms with E-state index in [2.05, 4.69) is 154 Å². The van der Waals surface area contributed by atoms with Gasteiger partial charge in [-0.15, -0.1) is 0 Å². The number of esters is 3. The molecular formula is C75H124O6. The summed E-state index contributed by atoms with van der Waals surface area (Å²) in [4.78, 5) is 38.5. The average Bonchev–Trinajstić information content (AvgIpc) is 3.47. The van der Waals surface area contributed by atoms with Crippen LogP contribution in [0.2, 0.25) is 0 Å². The summed E-state index contributed by atoms with van der Waals surface area (Å²) >= 11 is 0. The summed E-state index contributed by atoms with van der Waals surface area (Å²) in [5, 5.41) is 0. The highest BCUT2D eigenvalue weighted by molar-refractivity contribution is 5.71. The van der Waals surface area contributed by atoms with Crippen LogP contribution in [0.1, 0.15) is 303 Å². The third-order valence-corrected chi connectivity index (χ3v) is 14.1. The molecule has 6 nitrogen and oxygen atoms in total. The van der Waals surface area contributed by atoms with Gasteiger partial charge < -0.3 is 14.2 Å². The van der Waals surface area contributed by atoms with Crippen LogP contribution in [0, 0.1) is 0 Å². The van der Waals surface area contributed by atoms with Crippen molar-refractivity contribution in [3.63, 3.8) is 0 Å². The van der Waals surface area contributed by atoms with Gasteiger partial charge in [0.2, 0.25) is 0 Å². The van der Waals surface area contributed by atoms with E-state index in [-0.39, 0.29) is 31.1 Å². The summed E-state index contributed by atoms with van der Waals surface area (Å²) in [5.41, 5.74) is 0. The Morgan fingerprint density at radius 1 is 0.259 bits per heavy atom. The molecule has 0 aliphatic rings. The first-order valence-electron chi connectivity index (χ1n) is 33.7. The molecular weight excluding hydrogens is 997 g/mol. The number of rotatable bonds is 60. The SMILES string of the molecule is CC/C=C\C/C=C\C/C=C\C/C=C\C/C=C\CCCCCCCC(=O)OC(COC(=O)CCCCCCCC/C=C\C/C=C\C/C=C\C/C=C\CC)COC(=O)CCCCCCCCCCCCC/C=C\C/C=C\CCCCCCC. The number of hydrogen-bond acceptors (Lipinski definition) is 6. The van der Waals surface area contributed by atoms with Crippen molar-refractivity contribution in [2.45, 2.75) is 309 Å². The van der Waals surface area contributed by atoms with E-state index < -0.39 is 6.10 Å². The summed E-state index contributed by atoms with van der Waals surface area (Å²) in [6.45, 7) is 6.39. The van der Waals surface area contributed by atoms with E-state index >= 15 is 0 Å². The Morgan fingerprint density at radius 2 is 0.481 bits per heavy atom. The average molecular weight is 1120 g/mol. The summed E-state index contributed by atoms with van der Waals surface area (Å²) in [6, 6.07) is 0. The minimum Gasteiger partial charge on any atom is -0.462 e. The zero-order valence-electron chi connectivity index (χ0n) is 52.8. The van der Waals surface area contributed by atoms with Gasteiger partial charge in [-0.1, -0.05) is 283 Å². The first-order valence-corrected chi connectivity index (χ1v) is 33.7. The third-order valence-electron chi connectivity index (χ3n) is 14.1. The van der Waals surface area contributed by atoms with Crippen LogP contribution in [-0.2, 0) is 28.6 Å². The van der Waals surface area contributed by atoms with Crippen LogP contribution in [0.4, 0.5) is 0 Å². The van der Waals surface area contributed by atoms with Crippen molar-refractivity contribution in [3.8, 4) is 0 Å². The first kappa shape index (κ1) is 76.5. The van der Waals surface area contributed by atoms with Gasteiger partial charge in [-0.3, -0.25) is 14.4 Å². The van der Waals surface area contributed by atoms with Crippen molar-refractivity contribution in [1.29, 1.82) is 0 Å². The number of unbranched alkanes of at least 4 members (excludes halogenated alkanes) is 27. The van der Waals surface area contributed by atoms with Gasteiger partial charge in [0.05, 0.1) is 0 Å². The molecule has 0 saturated carbocycles. The Hall–Kier alpha value is -4.45. The zero-order chi connectivity index (χ0) is 58.5. The number of carbonyl (C=O) groups is 3. The monoisotopic (exact) mass is 1120 g/mol. The second-order valence-electron chi connectivity index (χ2n) is 22.0. The summed E-state index contributed by atoms with van der Waals surface area (Å²) < 4.78 is 17.0. The second-order valence-corrected chi connectivity index (χ2v) is 22.0. The molecule has 460 valence electrons. The van der Waals surface area contributed by atoms with E-state index in [1.807, 2.05) is 0 Å². The Bertz CT molecular complexity index is 1720. The lowest BCUT2D eigenvalue weighted by Crippen LogP contribution is -2.30. The fraction of sp³-hybridized carbons (Fsp3) is 0.667. The number of allylic oxidation sites excluding steroid dienone is 22. The molecule has 0 heterocycles. The van der Waals surface area contributed by atoms with Gasteiger partial charge in [0.25, 0.3) is 0 Å². The maximum Gasteiger partial charge on any atom is 0.306 e. The zero-order valence-corrected chi connectivity index (χ0v) is 52.8.